The van der Waals surface area contributed by atoms with Gasteiger partial charge >= 0.3 is 11.9 Å². The third kappa shape index (κ3) is 8.63. The Hall–Kier alpha value is -2.38. The predicted molar refractivity (Wildman–Crippen MR) is 118 cm³/mol. The highest BCUT2D eigenvalue weighted by Crippen LogP contribution is 2.19. The number of carboxylic acid groups (broad SMARTS) is 2. The molecule has 8 N–H and O–H groups in total. The van der Waals surface area contributed by atoms with Crippen molar-refractivity contribution in [3.8, 4) is 0 Å². The van der Waals surface area contributed by atoms with Crippen LogP contribution in [-0.4, -0.2) is 87.8 Å². The van der Waals surface area contributed by atoms with Crippen LogP contribution >= 0.6 is 12.6 Å². The average molecular weight is 476 g/mol. The van der Waals surface area contributed by atoms with Crippen molar-refractivity contribution in [2.24, 2.45) is 11.5 Å². The summed E-state index contributed by atoms with van der Waals surface area (Å²) < 4.78 is 0. The number of unbranched alkanes of at least 4 members (excludes halogenated alkanes) is 1. The van der Waals surface area contributed by atoms with Crippen LogP contribution in [0.15, 0.2) is 0 Å². The van der Waals surface area contributed by atoms with Crippen LogP contribution in [0.25, 0.3) is 0 Å². The van der Waals surface area contributed by atoms with Gasteiger partial charge in [0.15, 0.2) is 0 Å². The first kappa shape index (κ1) is 27.7. The number of carboxylic acids is 2. The molecule has 12 nitrogen and oxygen atoms in total. The average Bonchev–Trinajstić information content (AvgIpc) is 3.24. The summed E-state index contributed by atoms with van der Waals surface area (Å²) in [6.07, 6.45) is 1.84. The second-order valence-electron chi connectivity index (χ2n) is 7.66. The summed E-state index contributed by atoms with van der Waals surface area (Å²) in [5.41, 5.74) is 11.2. The lowest BCUT2D eigenvalue weighted by molar-refractivity contribution is -0.149. The Balaban J connectivity index is 2.83. The van der Waals surface area contributed by atoms with Gasteiger partial charge in [0.05, 0.1) is 6.04 Å². The molecule has 1 heterocycles. The molecule has 1 rings (SSSR count). The van der Waals surface area contributed by atoms with Crippen molar-refractivity contribution in [3.05, 3.63) is 0 Å². The second kappa shape index (κ2) is 13.9. The van der Waals surface area contributed by atoms with Crippen molar-refractivity contribution in [1.29, 1.82) is 0 Å². The summed E-state index contributed by atoms with van der Waals surface area (Å²) in [6.45, 7) is 0.661. The van der Waals surface area contributed by atoms with E-state index in [0.717, 1.165) is 0 Å². The monoisotopic (exact) mass is 475 g/mol. The number of carbonyl (C=O) groups is 5. The van der Waals surface area contributed by atoms with Gasteiger partial charge in [0, 0.05) is 18.7 Å². The Morgan fingerprint density at radius 3 is 2.25 bits per heavy atom. The number of nitrogens with one attached hydrogen (secondary N) is 2. The molecule has 13 heteroatoms. The molecule has 0 aromatic carbocycles. The summed E-state index contributed by atoms with van der Waals surface area (Å²) in [7, 11) is 0. The maximum atomic E-state index is 12.9. The van der Waals surface area contributed by atoms with Crippen LogP contribution < -0.4 is 22.1 Å². The van der Waals surface area contributed by atoms with E-state index >= 15 is 0 Å². The highest BCUT2D eigenvalue weighted by Gasteiger charge is 2.38. The molecule has 32 heavy (non-hydrogen) atoms. The predicted octanol–water partition coefficient (Wildman–Crippen LogP) is -1.72. The van der Waals surface area contributed by atoms with Gasteiger partial charge in [-0.3, -0.25) is 19.2 Å². The quantitative estimate of drug-likeness (QED) is 0.113. The van der Waals surface area contributed by atoms with Crippen molar-refractivity contribution in [3.63, 3.8) is 0 Å². The fourth-order valence-corrected chi connectivity index (χ4v) is 3.64. The summed E-state index contributed by atoms with van der Waals surface area (Å²) in [4.78, 5) is 61.3. The topological polar surface area (TPSA) is 205 Å². The van der Waals surface area contributed by atoms with Crippen molar-refractivity contribution in [2.45, 2.75) is 69.1 Å². The first-order chi connectivity index (χ1) is 15.1. The number of nitrogens with two attached hydrogens (primary N) is 2. The molecule has 0 bridgehead atoms. The van der Waals surface area contributed by atoms with Crippen LogP contribution in [0, 0.1) is 0 Å². The van der Waals surface area contributed by atoms with Crippen LogP contribution in [0.3, 0.4) is 0 Å². The Labute approximate surface area is 191 Å². The molecule has 0 spiro atoms. The van der Waals surface area contributed by atoms with Gasteiger partial charge in [-0.15, -0.1) is 0 Å². The van der Waals surface area contributed by atoms with Gasteiger partial charge in [0.25, 0.3) is 0 Å². The van der Waals surface area contributed by atoms with Gasteiger partial charge in [0.1, 0.15) is 18.1 Å². The number of aliphatic carboxylic acids is 2. The summed E-state index contributed by atoms with van der Waals surface area (Å²) in [5, 5.41) is 23.1. The Bertz CT molecular complexity index is 693. The van der Waals surface area contributed by atoms with E-state index in [4.69, 9.17) is 16.6 Å². The van der Waals surface area contributed by atoms with E-state index in [1.54, 1.807) is 0 Å². The number of hydrogen-bond donors (Lipinski definition) is 7. The maximum Gasteiger partial charge on any atom is 0.326 e. The van der Waals surface area contributed by atoms with Gasteiger partial charge < -0.3 is 37.2 Å². The summed E-state index contributed by atoms with van der Waals surface area (Å²) in [6, 6.07) is -4.15. The number of nitrogens with zero attached hydrogens (tertiary/aromatic N) is 1. The number of carbonyl (C=O) groups excluding carboxylic acids is 3. The molecule has 0 aromatic rings. The molecule has 4 atom stereocenters. The third-order valence-electron chi connectivity index (χ3n) is 5.20. The molecular formula is C19H33N5O7S. The number of rotatable bonds is 14. The minimum atomic E-state index is -1.11. The molecule has 0 aromatic heterocycles. The van der Waals surface area contributed by atoms with E-state index in [1.807, 2.05) is 0 Å². The Kier molecular flexibility index (Phi) is 12.0. The minimum Gasteiger partial charge on any atom is -0.481 e. The summed E-state index contributed by atoms with van der Waals surface area (Å²) in [5.74, 6) is -4.14. The van der Waals surface area contributed by atoms with Gasteiger partial charge in [-0.2, -0.15) is 12.6 Å². The van der Waals surface area contributed by atoms with Crippen molar-refractivity contribution >= 4 is 42.3 Å². The molecule has 3 amide bonds. The van der Waals surface area contributed by atoms with E-state index in [1.165, 1.54) is 4.90 Å². The first-order valence-electron chi connectivity index (χ1n) is 10.5. The van der Waals surface area contributed by atoms with Crippen LogP contribution in [-0.2, 0) is 24.0 Å². The molecule has 0 saturated carbocycles. The molecule has 0 aliphatic carbocycles. The van der Waals surface area contributed by atoms with E-state index in [9.17, 15) is 29.1 Å². The van der Waals surface area contributed by atoms with Crippen LogP contribution in [0.4, 0.5) is 0 Å². The normalized spacial score (nSPS) is 18.5. The lowest BCUT2D eigenvalue weighted by Gasteiger charge is -2.28. The number of amides is 3. The standard InChI is InChI=1S/C19H33N5O7S/c20-8-2-1-4-12(22-16(27)11(21)6-7-15(25)26)17(28)23-13(10-32)18(29)24-9-3-5-14(24)19(30)31/h11-14,32H,1-10,20-21H2,(H,22,27)(H,23,28)(H,25,26)(H,30,31). The smallest absolute Gasteiger partial charge is 0.326 e. The van der Waals surface area contributed by atoms with E-state index in [2.05, 4.69) is 23.3 Å². The molecular weight excluding hydrogens is 442 g/mol. The van der Waals surface area contributed by atoms with Gasteiger partial charge in [0.2, 0.25) is 17.7 Å². The Morgan fingerprint density at radius 2 is 1.69 bits per heavy atom. The molecule has 4 unspecified atom stereocenters. The summed E-state index contributed by atoms with van der Waals surface area (Å²) >= 11 is 4.12. The SMILES string of the molecule is NCCCCC(NC(=O)C(N)CCC(=O)O)C(=O)NC(CS)C(=O)N1CCCC1C(=O)O. The molecule has 1 fully saturated rings. The molecule has 1 aliphatic rings. The lowest BCUT2D eigenvalue weighted by Crippen LogP contribution is -2.57. The van der Waals surface area contributed by atoms with Gasteiger partial charge in [-0.25, -0.2) is 4.79 Å². The number of likely N-dealkylation sites (tertiary alicyclic amines) is 1. The highest BCUT2D eigenvalue weighted by atomic mass is 32.1. The van der Waals surface area contributed by atoms with Crippen LogP contribution in [0.2, 0.25) is 0 Å². The fraction of sp³-hybridized carbons (Fsp3) is 0.737. The van der Waals surface area contributed by atoms with Crippen molar-refractivity contribution < 1.29 is 34.2 Å². The molecule has 1 saturated heterocycles. The van der Waals surface area contributed by atoms with Gasteiger partial charge in [-0.05, 0) is 45.1 Å². The van der Waals surface area contributed by atoms with E-state index in [-0.39, 0.29) is 31.6 Å². The fourth-order valence-electron chi connectivity index (χ4n) is 3.40. The first-order valence-corrected chi connectivity index (χ1v) is 11.2. The zero-order valence-electron chi connectivity index (χ0n) is 17.9. The number of hydrogen-bond acceptors (Lipinski definition) is 8. The second-order valence-corrected chi connectivity index (χ2v) is 8.02. The number of thiol groups is 1. The maximum absolute atomic E-state index is 12.9. The van der Waals surface area contributed by atoms with E-state index < -0.39 is 53.8 Å². The minimum absolute atomic E-state index is 0.0605. The third-order valence-corrected chi connectivity index (χ3v) is 5.57. The molecule has 182 valence electrons. The zero-order valence-corrected chi connectivity index (χ0v) is 18.8. The highest BCUT2D eigenvalue weighted by molar-refractivity contribution is 7.80. The zero-order chi connectivity index (χ0) is 24.3. The molecule has 0 radical (unpaired) electrons. The van der Waals surface area contributed by atoms with Crippen LogP contribution in [0.5, 0.6) is 0 Å². The Morgan fingerprint density at radius 1 is 1.03 bits per heavy atom. The lowest BCUT2D eigenvalue weighted by atomic mass is 10.1. The largest absolute Gasteiger partial charge is 0.481 e. The van der Waals surface area contributed by atoms with Crippen LogP contribution in [0.1, 0.15) is 44.9 Å². The molecule has 1 aliphatic heterocycles. The van der Waals surface area contributed by atoms with E-state index in [0.29, 0.717) is 32.2 Å². The van der Waals surface area contributed by atoms with Gasteiger partial charge in [-0.1, -0.05) is 0 Å². The van der Waals surface area contributed by atoms with Crippen molar-refractivity contribution in [2.75, 3.05) is 18.8 Å². The van der Waals surface area contributed by atoms with Crippen molar-refractivity contribution in [1.82, 2.24) is 15.5 Å².